The van der Waals surface area contributed by atoms with Crippen molar-refractivity contribution in [1.82, 2.24) is 5.32 Å². The molecule has 4 rings (SSSR count). The number of carbonyl (C=O) groups is 1. The number of nitrogens with one attached hydrogen (secondary N) is 2. The number of rotatable bonds is 5. The molecule has 2 aromatic carbocycles. The molecule has 0 unspecified atom stereocenters. The summed E-state index contributed by atoms with van der Waals surface area (Å²) in [5.41, 5.74) is 5.19. The van der Waals surface area contributed by atoms with Crippen molar-refractivity contribution in [1.29, 1.82) is 0 Å². The van der Waals surface area contributed by atoms with Gasteiger partial charge in [-0.05, 0) is 73.6 Å². The van der Waals surface area contributed by atoms with Crippen molar-refractivity contribution < 1.29 is 14.1 Å². The lowest BCUT2D eigenvalue weighted by atomic mass is 9.89. The summed E-state index contributed by atoms with van der Waals surface area (Å²) in [7, 11) is 0. The van der Waals surface area contributed by atoms with Crippen molar-refractivity contribution in [2.24, 2.45) is 0 Å². The van der Waals surface area contributed by atoms with E-state index in [0.717, 1.165) is 38.3 Å². The second-order valence-electron chi connectivity index (χ2n) is 8.41. The van der Waals surface area contributed by atoms with E-state index in [1.54, 1.807) is 0 Å². The van der Waals surface area contributed by atoms with Gasteiger partial charge in [0.05, 0.1) is 32.2 Å². The lowest BCUT2D eigenvalue weighted by Crippen LogP contribution is -3.15. The highest BCUT2D eigenvalue weighted by molar-refractivity contribution is 5.77. The molecule has 1 atom stereocenters. The Morgan fingerprint density at radius 2 is 1.76 bits per heavy atom. The fraction of sp³-hybridized carbons (Fsp3) is 0.458. The zero-order valence-electron chi connectivity index (χ0n) is 17.2. The summed E-state index contributed by atoms with van der Waals surface area (Å²) in [5.74, 6) is -0.0943. The molecule has 1 saturated heterocycles. The number of quaternary nitrogens is 1. The first-order valence-electron chi connectivity index (χ1n) is 10.8. The summed E-state index contributed by atoms with van der Waals surface area (Å²) in [6.45, 7) is 6.18. The van der Waals surface area contributed by atoms with Gasteiger partial charge in [-0.15, -0.1) is 0 Å². The van der Waals surface area contributed by atoms with Gasteiger partial charge in [-0.1, -0.05) is 18.2 Å². The molecule has 2 N–H and O–H groups in total. The molecule has 2 aromatic rings. The van der Waals surface area contributed by atoms with Gasteiger partial charge in [0.25, 0.3) is 5.91 Å². The lowest BCUT2D eigenvalue weighted by molar-refractivity contribution is -0.892. The summed E-state index contributed by atoms with van der Waals surface area (Å²) in [5, 5.41) is 3.18. The average Bonchev–Trinajstić information content (AvgIpc) is 2.74. The summed E-state index contributed by atoms with van der Waals surface area (Å²) in [6.07, 6.45) is 4.90. The number of amides is 1. The van der Waals surface area contributed by atoms with E-state index in [0.29, 0.717) is 6.54 Å². The number of carbonyl (C=O) groups excluding carboxylic acids is 1. The van der Waals surface area contributed by atoms with Crippen LogP contribution in [0.5, 0.6) is 0 Å². The Morgan fingerprint density at radius 3 is 2.48 bits per heavy atom. The fourth-order valence-corrected chi connectivity index (χ4v) is 4.54. The second kappa shape index (κ2) is 8.95. The first kappa shape index (κ1) is 19.9. The maximum absolute atomic E-state index is 13.1. The normalized spacial score (nSPS) is 18.2. The van der Waals surface area contributed by atoms with Crippen molar-refractivity contribution in [2.75, 3.05) is 37.6 Å². The largest absolute Gasteiger partial charge is 0.360 e. The van der Waals surface area contributed by atoms with E-state index >= 15 is 0 Å². The van der Waals surface area contributed by atoms with Crippen LogP contribution >= 0.6 is 0 Å². The number of aryl methyl sites for hydroxylation is 2. The Bertz CT molecular complexity index is 844. The zero-order valence-corrected chi connectivity index (χ0v) is 17.2. The highest BCUT2D eigenvalue weighted by atomic mass is 19.1. The van der Waals surface area contributed by atoms with Crippen LogP contribution in [0.3, 0.4) is 0 Å². The number of hydrogen-bond acceptors (Lipinski definition) is 2. The Balaban J connectivity index is 1.26. The van der Waals surface area contributed by atoms with E-state index in [2.05, 4.69) is 35.3 Å². The Morgan fingerprint density at radius 1 is 1.07 bits per heavy atom. The standard InChI is InChI=1S/C24H30FN3O/c1-18(20-7-6-19-4-2-3-5-21(19)16-20)26-24(29)17-27-12-14-28(15-13-27)23-10-8-22(25)9-11-23/h6-11,16,18H,2-5,12-15,17H2,1H3,(H,26,29)/p+1/t18-/m0/s1. The molecule has 0 radical (unpaired) electrons. The molecule has 1 aliphatic carbocycles. The minimum Gasteiger partial charge on any atom is -0.360 e. The third-order valence-corrected chi connectivity index (χ3v) is 6.32. The number of hydrogen-bond donors (Lipinski definition) is 2. The van der Waals surface area contributed by atoms with Crippen LogP contribution < -0.4 is 15.1 Å². The quantitative estimate of drug-likeness (QED) is 0.814. The van der Waals surface area contributed by atoms with Crippen molar-refractivity contribution in [3.63, 3.8) is 0 Å². The minimum absolute atomic E-state index is 0.0367. The number of nitrogens with zero attached hydrogens (tertiary/aromatic N) is 1. The van der Waals surface area contributed by atoms with Crippen LogP contribution in [-0.4, -0.2) is 38.6 Å². The Kier molecular flexibility index (Phi) is 6.14. The number of anilines is 1. The molecule has 0 bridgehead atoms. The lowest BCUT2D eigenvalue weighted by Gasteiger charge is -2.33. The smallest absolute Gasteiger partial charge is 0.275 e. The summed E-state index contributed by atoms with van der Waals surface area (Å²) < 4.78 is 13.1. The minimum atomic E-state index is -0.206. The van der Waals surface area contributed by atoms with Gasteiger partial charge in [-0.25, -0.2) is 4.39 Å². The molecule has 29 heavy (non-hydrogen) atoms. The monoisotopic (exact) mass is 396 g/mol. The molecule has 0 aromatic heterocycles. The molecular weight excluding hydrogens is 365 g/mol. The van der Waals surface area contributed by atoms with Crippen LogP contribution in [0.2, 0.25) is 0 Å². The van der Waals surface area contributed by atoms with Gasteiger partial charge in [-0.2, -0.15) is 0 Å². The van der Waals surface area contributed by atoms with Crippen molar-refractivity contribution in [2.45, 2.75) is 38.6 Å². The Hall–Kier alpha value is -2.40. The second-order valence-corrected chi connectivity index (χ2v) is 8.41. The zero-order chi connectivity index (χ0) is 20.2. The predicted octanol–water partition coefficient (Wildman–Crippen LogP) is 2.29. The Labute approximate surface area is 172 Å². The summed E-state index contributed by atoms with van der Waals surface area (Å²) >= 11 is 0. The SMILES string of the molecule is C[C@H](NC(=O)C[NH+]1CCN(c2ccc(F)cc2)CC1)c1ccc2c(c1)CCCC2. The number of piperazine rings is 1. The van der Waals surface area contributed by atoms with Gasteiger partial charge in [0.1, 0.15) is 5.82 Å². The molecule has 154 valence electrons. The third-order valence-electron chi connectivity index (χ3n) is 6.32. The summed E-state index contributed by atoms with van der Waals surface area (Å²) in [4.78, 5) is 16.2. The molecule has 1 fully saturated rings. The molecule has 1 aliphatic heterocycles. The van der Waals surface area contributed by atoms with Crippen molar-refractivity contribution >= 4 is 11.6 Å². The van der Waals surface area contributed by atoms with E-state index in [1.807, 2.05) is 12.1 Å². The van der Waals surface area contributed by atoms with Gasteiger partial charge in [-0.3, -0.25) is 4.79 Å². The average molecular weight is 397 g/mol. The van der Waals surface area contributed by atoms with Gasteiger partial charge < -0.3 is 15.1 Å². The van der Waals surface area contributed by atoms with E-state index in [9.17, 15) is 9.18 Å². The molecule has 1 heterocycles. The number of halogens is 1. The topological polar surface area (TPSA) is 36.8 Å². The van der Waals surface area contributed by atoms with Crippen molar-refractivity contribution in [3.8, 4) is 0 Å². The maximum atomic E-state index is 13.1. The highest BCUT2D eigenvalue weighted by Gasteiger charge is 2.23. The van der Waals surface area contributed by atoms with E-state index in [4.69, 9.17) is 0 Å². The van der Waals surface area contributed by atoms with Crippen molar-refractivity contribution in [3.05, 3.63) is 65.0 Å². The van der Waals surface area contributed by atoms with E-state index in [-0.39, 0.29) is 17.8 Å². The third kappa shape index (κ3) is 4.96. The van der Waals surface area contributed by atoms with Gasteiger partial charge in [0, 0.05) is 5.69 Å². The van der Waals surface area contributed by atoms with Crippen LogP contribution in [0.4, 0.5) is 10.1 Å². The fourth-order valence-electron chi connectivity index (χ4n) is 4.54. The molecule has 0 spiro atoms. The van der Waals surface area contributed by atoms with Gasteiger partial charge >= 0.3 is 0 Å². The van der Waals surface area contributed by atoms with Crippen LogP contribution in [0.1, 0.15) is 42.5 Å². The number of benzene rings is 2. The molecule has 2 aliphatic rings. The van der Waals surface area contributed by atoms with E-state index in [1.165, 1.54) is 53.0 Å². The molecular formula is C24H31FN3O+. The van der Waals surface area contributed by atoms with Crippen LogP contribution in [0, 0.1) is 5.82 Å². The van der Waals surface area contributed by atoms with Crippen LogP contribution in [0.25, 0.3) is 0 Å². The highest BCUT2D eigenvalue weighted by Crippen LogP contribution is 2.24. The molecule has 1 amide bonds. The first-order chi connectivity index (χ1) is 14.1. The molecule has 5 heteroatoms. The summed E-state index contributed by atoms with van der Waals surface area (Å²) in [6, 6.07) is 13.4. The molecule has 0 saturated carbocycles. The van der Waals surface area contributed by atoms with Crippen LogP contribution in [0.15, 0.2) is 42.5 Å². The maximum Gasteiger partial charge on any atom is 0.275 e. The van der Waals surface area contributed by atoms with Gasteiger partial charge in [0.15, 0.2) is 6.54 Å². The number of fused-ring (bicyclic) bond motifs is 1. The first-order valence-corrected chi connectivity index (χ1v) is 10.8. The predicted molar refractivity (Wildman–Crippen MR) is 114 cm³/mol. The van der Waals surface area contributed by atoms with E-state index < -0.39 is 0 Å². The van der Waals surface area contributed by atoms with Gasteiger partial charge in [0.2, 0.25) is 0 Å². The molecule has 4 nitrogen and oxygen atoms in total. The van der Waals surface area contributed by atoms with Crippen LogP contribution in [-0.2, 0) is 17.6 Å².